The second kappa shape index (κ2) is 7.70. The van der Waals surface area contributed by atoms with Crippen LogP contribution in [0.2, 0.25) is 0 Å². The second-order valence-electron chi connectivity index (χ2n) is 5.51. The van der Waals surface area contributed by atoms with Gasteiger partial charge in [-0.2, -0.15) is 0 Å². The van der Waals surface area contributed by atoms with E-state index in [1.54, 1.807) is 0 Å². The summed E-state index contributed by atoms with van der Waals surface area (Å²) in [5.74, 6) is 0.0113. The molecule has 1 saturated carbocycles. The Labute approximate surface area is 105 Å². The molecule has 0 aliphatic heterocycles. The number of ether oxygens (including phenoxy) is 1. The minimum Gasteiger partial charge on any atom is -0.462 e. The summed E-state index contributed by atoms with van der Waals surface area (Å²) in [4.78, 5) is 11.8. The van der Waals surface area contributed by atoms with E-state index in [1.165, 1.54) is 19.3 Å². The van der Waals surface area contributed by atoms with Gasteiger partial charge in [0.15, 0.2) is 0 Å². The largest absolute Gasteiger partial charge is 0.462 e. The molecule has 0 aromatic heterocycles. The van der Waals surface area contributed by atoms with Crippen LogP contribution in [0.25, 0.3) is 0 Å². The summed E-state index contributed by atoms with van der Waals surface area (Å²) in [7, 11) is 0. The van der Waals surface area contributed by atoms with Gasteiger partial charge in [0.05, 0.1) is 5.92 Å². The zero-order valence-corrected chi connectivity index (χ0v) is 11.3. The number of esters is 1. The van der Waals surface area contributed by atoms with E-state index >= 15 is 0 Å². The molecule has 0 saturated heterocycles. The van der Waals surface area contributed by atoms with Gasteiger partial charge >= 0.3 is 5.97 Å². The maximum absolute atomic E-state index is 11.8. The molecule has 0 radical (unpaired) electrons. The van der Waals surface area contributed by atoms with Crippen LogP contribution in [0.5, 0.6) is 0 Å². The van der Waals surface area contributed by atoms with Gasteiger partial charge in [-0.3, -0.25) is 4.79 Å². The zero-order chi connectivity index (χ0) is 12.7. The van der Waals surface area contributed by atoms with Crippen LogP contribution in [0.4, 0.5) is 0 Å². The van der Waals surface area contributed by atoms with Crippen molar-refractivity contribution in [2.24, 2.45) is 11.7 Å². The van der Waals surface area contributed by atoms with Gasteiger partial charge in [0.2, 0.25) is 0 Å². The number of hydrogen-bond donors (Lipinski definition) is 1. The molecule has 0 amide bonds. The molecule has 0 spiro atoms. The van der Waals surface area contributed by atoms with Crippen molar-refractivity contribution in [2.75, 3.05) is 0 Å². The average molecular weight is 241 g/mol. The van der Waals surface area contributed by atoms with Crippen LogP contribution >= 0.6 is 0 Å². The fourth-order valence-corrected chi connectivity index (χ4v) is 2.33. The normalized spacial score (nSPS) is 20.9. The fraction of sp³-hybridized carbons (Fsp3) is 0.929. The Morgan fingerprint density at radius 1 is 1.24 bits per heavy atom. The Bertz CT molecular complexity index is 222. The molecule has 1 aliphatic rings. The summed E-state index contributed by atoms with van der Waals surface area (Å²) >= 11 is 0. The van der Waals surface area contributed by atoms with Crippen molar-refractivity contribution in [2.45, 2.75) is 77.4 Å². The third-order valence-electron chi connectivity index (χ3n) is 3.53. The summed E-state index contributed by atoms with van der Waals surface area (Å²) < 4.78 is 5.54. The third-order valence-corrected chi connectivity index (χ3v) is 3.53. The molecule has 2 unspecified atom stereocenters. The molecule has 100 valence electrons. The summed E-state index contributed by atoms with van der Waals surface area (Å²) in [6.45, 7) is 3.97. The van der Waals surface area contributed by atoms with Gasteiger partial charge in [-0.1, -0.05) is 19.8 Å². The minimum atomic E-state index is -0.0124. The molecule has 0 heterocycles. The van der Waals surface area contributed by atoms with Crippen LogP contribution < -0.4 is 5.73 Å². The van der Waals surface area contributed by atoms with Crippen molar-refractivity contribution in [3.05, 3.63) is 0 Å². The van der Waals surface area contributed by atoms with Crippen LogP contribution in [0.15, 0.2) is 0 Å². The topological polar surface area (TPSA) is 52.3 Å². The Morgan fingerprint density at radius 2 is 1.88 bits per heavy atom. The first-order valence-electron chi connectivity index (χ1n) is 7.05. The lowest BCUT2D eigenvalue weighted by Crippen LogP contribution is -2.25. The molecule has 17 heavy (non-hydrogen) atoms. The van der Waals surface area contributed by atoms with E-state index in [-0.39, 0.29) is 24.0 Å². The van der Waals surface area contributed by atoms with E-state index in [0.717, 1.165) is 32.1 Å². The van der Waals surface area contributed by atoms with E-state index in [9.17, 15) is 4.79 Å². The summed E-state index contributed by atoms with van der Waals surface area (Å²) in [6, 6.07) is 0.233. The average Bonchev–Trinajstić information content (AvgIpc) is 2.29. The number of hydrogen-bond acceptors (Lipinski definition) is 3. The summed E-state index contributed by atoms with van der Waals surface area (Å²) in [5.41, 5.74) is 5.69. The Morgan fingerprint density at radius 3 is 2.47 bits per heavy atom. The highest BCUT2D eigenvalue weighted by molar-refractivity contribution is 5.72. The number of carbonyl (C=O) groups excluding carboxylic acids is 1. The van der Waals surface area contributed by atoms with Gasteiger partial charge in [0, 0.05) is 6.04 Å². The molecule has 2 atom stereocenters. The van der Waals surface area contributed by atoms with E-state index in [2.05, 4.69) is 0 Å². The smallest absolute Gasteiger partial charge is 0.308 e. The van der Waals surface area contributed by atoms with Gasteiger partial charge in [-0.05, 0) is 45.4 Å². The number of nitrogens with two attached hydrogens (primary N) is 1. The number of rotatable bonds is 6. The van der Waals surface area contributed by atoms with Crippen molar-refractivity contribution in [1.82, 2.24) is 0 Å². The van der Waals surface area contributed by atoms with Gasteiger partial charge in [0.25, 0.3) is 0 Å². The molecule has 1 aliphatic carbocycles. The minimum absolute atomic E-state index is 0.0124. The highest BCUT2D eigenvalue weighted by Crippen LogP contribution is 2.22. The monoisotopic (exact) mass is 241 g/mol. The highest BCUT2D eigenvalue weighted by Gasteiger charge is 2.21. The lowest BCUT2D eigenvalue weighted by atomic mass is 9.97. The van der Waals surface area contributed by atoms with Gasteiger partial charge in [-0.25, -0.2) is 0 Å². The van der Waals surface area contributed by atoms with Gasteiger partial charge in [-0.15, -0.1) is 0 Å². The quantitative estimate of drug-likeness (QED) is 0.727. The second-order valence-corrected chi connectivity index (χ2v) is 5.51. The Balaban J connectivity index is 2.16. The molecule has 2 N–H and O–H groups in total. The summed E-state index contributed by atoms with van der Waals surface area (Å²) in [5, 5.41) is 0. The molecular formula is C14H27NO2. The first-order chi connectivity index (χ1) is 8.09. The van der Waals surface area contributed by atoms with E-state index < -0.39 is 0 Å². The van der Waals surface area contributed by atoms with Crippen molar-refractivity contribution in [3.63, 3.8) is 0 Å². The SMILES string of the molecule is CC(N)CCCC(C)C(=O)OC1CCCCC1. The lowest BCUT2D eigenvalue weighted by molar-refractivity contribution is -0.155. The first-order valence-corrected chi connectivity index (χ1v) is 7.05. The molecule has 3 nitrogen and oxygen atoms in total. The maximum atomic E-state index is 11.8. The van der Waals surface area contributed by atoms with Gasteiger partial charge in [0.1, 0.15) is 6.10 Å². The predicted octanol–water partition coefficient (Wildman–Crippen LogP) is 3.02. The molecule has 0 bridgehead atoms. The fourth-order valence-electron chi connectivity index (χ4n) is 2.33. The lowest BCUT2D eigenvalue weighted by Gasteiger charge is -2.23. The Hall–Kier alpha value is -0.570. The van der Waals surface area contributed by atoms with Crippen molar-refractivity contribution >= 4 is 5.97 Å². The zero-order valence-electron chi connectivity index (χ0n) is 11.3. The molecule has 1 fully saturated rings. The van der Waals surface area contributed by atoms with Crippen molar-refractivity contribution in [3.8, 4) is 0 Å². The van der Waals surface area contributed by atoms with E-state index in [4.69, 9.17) is 10.5 Å². The van der Waals surface area contributed by atoms with Gasteiger partial charge < -0.3 is 10.5 Å². The molecule has 3 heteroatoms. The molecule has 1 rings (SSSR count). The maximum Gasteiger partial charge on any atom is 0.308 e. The third kappa shape index (κ3) is 6.06. The van der Waals surface area contributed by atoms with Crippen LogP contribution in [0.3, 0.4) is 0 Å². The predicted molar refractivity (Wildman–Crippen MR) is 69.6 cm³/mol. The van der Waals surface area contributed by atoms with Crippen LogP contribution in [-0.4, -0.2) is 18.1 Å². The van der Waals surface area contributed by atoms with Crippen LogP contribution in [0, 0.1) is 5.92 Å². The van der Waals surface area contributed by atoms with Crippen LogP contribution in [0.1, 0.15) is 65.2 Å². The number of carbonyl (C=O) groups is 1. The molecular weight excluding hydrogens is 214 g/mol. The molecule has 0 aromatic rings. The van der Waals surface area contributed by atoms with Crippen molar-refractivity contribution < 1.29 is 9.53 Å². The highest BCUT2D eigenvalue weighted by atomic mass is 16.5. The Kier molecular flexibility index (Phi) is 6.56. The molecule has 0 aromatic carbocycles. The van der Waals surface area contributed by atoms with Crippen LogP contribution in [-0.2, 0) is 9.53 Å². The van der Waals surface area contributed by atoms with E-state index in [1.807, 2.05) is 13.8 Å². The summed E-state index contributed by atoms with van der Waals surface area (Å²) in [6.07, 6.45) is 8.89. The van der Waals surface area contributed by atoms with E-state index in [0.29, 0.717) is 0 Å². The first kappa shape index (κ1) is 14.5. The standard InChI is InChI=1S/C14H27NO2/c1-11(7-6-8-12(2)15)14(16)17-13-9-4-3-5-10-13/h11-13H,3-10,15H2,1-2H3. The van der Waals surface area contributed by atoms with Crippen molar-refractivity contribution in [1.29, 1.82) is 0 Å².